The van der Waals surface area contributed by atoms with Crippen LogP contribution in [0.4, 0.5) is 0 Å². The van der Waals surface area contributed by atoms with Gasteiger partial charge in [-0.15, -0.1) is 0 Å². The van der Waals surface area contributed by atoms with E-state index in [1.807, 2.05) is 6.92 Å². The van der Waals surface area contributed by atoms with E-state index >= 15 is 0 Å². The lowest BCUT2D eigenvalue weighted by Gasteiger charge is -2.26. The largest absolute Gasteiger partial charge is 0.480 e. The number of nitrogens with zero attached hydrogens (tertiary/aromatic N) is 1. The van der Waals surface area contributed by atoms with Crippen LogP contribution in [0.1, 0.15) is 32.6 Å². The summed E-state index contributed by atoms with van der Waals surface area (Å²) in [5.74, 6) is -0.310. The summed E-state index contributed by atoms with van der Waals surface area (Å²) in [7, 11) is 0. The molecule has 1 fully saturated rings. The summed E-state index contributed by atoms with van der Waals surface area (Å²) in [6.07, 6.45) is 4.52. The highest BCUT2D eigenvalue weighted by molar-refractivity contribution is 5.79. The van der Waals surface area contributed by atoms with Crippen LogP contribution in [0, 0.1) is 5.92 Å². The van der Waals surface area contributed by atoms with Crippen LogP contribution in [-0.2, 0) is 9.59 Å². The molecule has 0 radical (unpaired) electrons. The van der Waals surface area contributed by atoms with Gasteiger partial charge in [0.25, 0.3) is 0 Å². The van der Waals surface area contributed by atoms with E-state index in [0.717, 1.165) is 13.0 Å². The molecule has 0 aromatic rings. The van der Waals surface area contributed by atoms with Crippen molar-refractivity contribution in [1.29, 1.82) is 0 Å². The van der Waals surface area contributed by atoms with Crippen LogP contribution in [0.25, 0.3) is 0 Å². The first-order chi connectivity index (χ1) is 8.11. The zero-order valence-electron chi connectivity index (χ0n) is 10.4. The predicted octanol–water partition coefficient (Wildman–Crippen LogP) is 0.699. The quantitative estimate of drug-likeness (QED) is 0.657. The molecule has 0 atom stereocenters. The lowest BCUT2D eigenvalue weighted by molar-refractivity contribution is -0.138. The number of amides is 1. The number of rotatable bonds is 8. The predicted molar refractivity (Wildman–Crippen MR) is 64.7 cm³/mol. The molecular formula is C12H22N2O3. The van der Waals surface area contributed by atoms with Crippen LogP contribution in [0.5, 0.6) is 0 Å². The van der Waals surface area contributed by atoms with Gasteiger partial charge < -0.3 is 10.4 Å². The molecule has 0 aliphatic heterocycles. The number of carbonyl (C=O) groups is 2. The third-order valence-electron chi connectivity index (χ3n) is 3.08. The Balaban J connectivity index is 2.21. The van der Waals surface area contributed by atoms with Crippen LogP contribution in [0.15, 0.2) is 0 Å². The van der Waals surface area contributed by atoms with Crippen molar-refractivity contribution in [1.82, 2.24) is 10.2 Å². The standard InChI is InChI=1S/C12H22N2O3/c1-2-6-14(9-12(16)17)8-11(15)13-7-10-4-3-5-10/h10H,2-9H2,1H3,(H,13,15)(H,16,17). The van der Waals surface area contributed by atoms with Crippen molar-refractivity contribution in [2.75, 3.05) is 26.2 Å². The van der Waals surface area contributed by atoms with Crippen LogP contribution >= 0.6 is 0 Å². The van der Waals surface area contributed by atoms with Crippen molar-refractivity contribution >= 4 is 11.9 Å². The lowest BCUT2D eigenvalue weighted by Crippen LogP contribution is -2.42. The molecule has 5 nitrogen and oxygen atoms in total. The molecule has 1 aliphatic rings. The summed E-state index contributed by atoms with van der Waals surface area (Å²) in [5.41, 5.74) is 0. The van der Waals surface area contributed by atoms with Crippen molar-refractivity contribution < 1.29 is 14.7 Å². The second kappa shape index (κ2) is 7.27. The molecule has 5 heteroatoms. The monoisotopic (exact) mass is 242 g/mol. The van der Waals surface area contributed by atoms with E-state index in [0.29, 0.717) is 12.5 Å². The Hall–Kier alpha value is -1.10. The van der Waals surface area contributed by atoms with E-state index < -0.39 is 5.97 Å². The SMILES string of the molecule is CCCN(CC(=O)O)CC(=O)NCC1CCC1. The van der Waals surface area contributed by atoms with Crippen LogP contribution in [0.2, 0.25) is 0 Å². The zero-order chi connectivity index (χ0) is 12.7. The van der Waals surface area contributed by atoms with Crippen molar-refractivity contribution in [2.45, 2.75) is 32.6 Å². The van der Waals surface area contributed by atoms with Gasteiger partial charge in [0.1, 0.15) is 0 Å². The number of carboxylic acids is 1. The molecule has 0 aromatic carbocycles. The molecule has 17 heavy (non-hydrogen) atoms. The molecule has 1 rings (SSSR count). The molecule has 1 aliphatic carbocycles. The number of aliphatic carboxylic acids is 1. The van der Waals surface area contributed by atoms with Crippen LogP contribution in [0.3, 0.4) is 0 Å². The number of nitrogens with one attached hydrogen (secondary N) is 1. The van der Waals surface area contributed by atoms with Gasteiger partial charge in [-0.2, -0.15) is 0 Å². The van der Waals surface area contributed by atoms with Gasteiger partial charge in [-0.1, -0.05) is 13.3 Å². The van der Waals surface area contributed by atoms with Gasteiger partial charge in [-0.25, -0.2) is 0 Å². The molecule has 0 saturated heterocycles. The van der Waals surface area contributed by atoms with Crippen LogP contribution < -0.4 is 5.32 Å². The molecule has 1 amide bonds. The third-order valence-corrected chi connectivity index (χ3v) is 3.08. The second-order valence-corrected chi connectivity index (χ2v) is 4.71. The maximum atomic E-state index is 11.6. The highest BCUT2D eigenvalue weighted by atomic mass is 16.4. The minimum atomic E-state index is -0.884. The highest BCUT2D eigenvalue weighted by Gasteiger charge is 2.19. The smallest absolute Gasteiger partial charge is 0.317 e. The molecule has 0 bridgehead atoms. The Morgan fingerprint density at radius 3 is 2.53 bits per heavy atom. The Kier molecular flexibility index (Phi) is 5.97. The third kappa shape index (κ3) is 5.68. The normalized spacial score (nSPS) is 15.6. The minimum Gasteiger partial charge on any atom is -0.480 e. The summed E-state index contributed by atoms with van der Waals surface area (Å²) >= 11 is 0. The number of carboxylic acid groups (broad SMARTS) is 1. The molecule has 0 spiro atoms. The van der Waals surface area contributed by atoms with E-state index in [4.69, 9.17) is 5.11 Å². The fraction of sp³-hybridized carbons (Fsp3) is 0.833. The first kappa shape index (κ1) is 14.0. The van der Waals surface area contributed by atoms with Gasteiger partial charge in [-0.05, 0) is 31.7 Å². The van der Waals surface area contributed by atoms with E-state index in [1.54, 1.807) is 4.90 Å². The first-order valence-corrected chi connectivity index (χ1v) is 6.32. The molecule has 98 valence electrons. The van der Waals surface area contributed by atoms with Crippen molar-refractivity contribution in [3.8, 4) is 0 Å². The van der Waals surface area contributed by atoms with Crippen molar-refractivity contribution in [3.63, 3.8) is 0 Å². The molecular weight excluding hydrogens is 220 g/mol. The average molecular weight is 242 g/mol. The van der Waals surface area contributed by atoms with Crippen LogP contribution in [-0.4, -0.2) is 48.1 Å². The van der Waals surface area contributed by atoms with Gasteiger partial charge in [0.15, 0.2) is 0 Å². The Labute approximate surface area is 102 Å². The van der Waals surface area contributed by atoms with Crippen molar-refractivity contribution in [3.05, 3.63) is 0 Å². The van der Waals surface area contributed by atoms with Gasteiger partial charge in [0.05, 0.1) is 13.1 Å². The topological polar surface area (TPSA) is 69.6 Å². The van der Waals surface area contributed by atoms with Gasteiger partial charge in [0.2, 0.25) is 5.91 Å². The van der Waals surface area contributed by atoms with E-state index in [2.05, 4.69) is 5.32 Å². The van der Waals surface area contributed by atoms with Gasteiger partial charge in [0, 0.05) is 6.54 Å². The Morgan fingerprint density at radius 2 is 2.06 bits per heavy atom. The number of hydrogen-bond acceptors (Lipinski definition) is 3. The van der Waals surface area contributed by atoms with E-state index in [-0.39, 0.29) is 19.0 Å². The van der Waals surface area contributed by atoms with Crippen molar-refractivity contribution in [2.24, 2.45) is 5.92 Å². The second-order valence-electron chi connectivity index (χ2n) is 4.71. The highest BCUT2D eigenvalue weighted by Crippen LogP contribution is 2.24. The average Bonchev–Trinajstić information content (AvgIpc) is 2.14. The Bertz CT molecular complexity index is 264. The lowest BCUT2D eigenvalue weighted by atomic mass is 9.85. The number of hydrogen-bond donors (Lipinski definition) is 2. The van der Waals surface area contributed by atoms with E-state index in [1.165, 1.54) is 19.3 Å². The summed E-state index contributed by atoms with van der Waals surface area (Å²) < 4.78 is 0. The molecule has 1 saturated carbocycles. The molecule has 0 aromatic heterocycles. The maximum absolute atomic E-state index is 11.6. The number of carbonyl (C=O) groups excluding carboxylic acids is 1. The summed E-state index contributed by atoms with van der Waals surface area (Å²) in [4.78, 5) is 23.9. The molecule has 0 heterocycles. The summed E-state index contributed by atoms with van der Waals surface area (Å²) in [5, 5.41) is 11.6. The summed E-state index contributed by atoms with van der Waals surface area (Å²) in [6.45, 7) is 3.48. The fourth-order valence-corrected chi connectivity index (χ4v) is 1.94. The minimum absolute atomic E-state index is 0.0633. The van der Waals surface area contributed by atoms with E-state index in [9.17, 15) is 9.59 Å². The first-order valence-electron chi connectivity index (χ1n) is 6.32. The molecule has 2 N–H and O–H groups in total. The summed E-state index contributed by atoms with van der Waals surface area (Å²) in [6, 6.07) is 0. The zero-order valence-corrected chi connectivity index (χ0v) is 10.4. The Morgan fingerprint density at radius 1 is 1.35 bits per heavy atom. The fourth-order valence-electron chi connectivity index (χ4n) is 1.94. The van der Waals surface area contributed by atoms with Gasteiger partial charge >= 0.3 is 5.97 Å². The molecule has 0 unspecified atom stereocenters. The maximum Gasteiger partial charge on any atom is 0.317 e. The van der Waals surface area contributed by atoms with Gasteiger partial charge in [-0.3, -0.25) is 14.5 Å².